The van der Waals surface area contributed by atoms with E-state index in [0.29, 0.717) is 5.84 Å². The lowest BCUT2D eigenvalue weighted by Crippen LogP contribution is -2.56. The third kappa shape index (κ3) is 1.74. The summed E-state index contributed by atoms with van der Waals surface area (Å²) in [6.45, 7) is 1.06. The Morgan fingerprint density at radius 3 is 2.90 bits per heavy atom. The fraction of sp³-hybridized carbons (Fsp3) is 0.727. The molecule has 0 amide bonds. The molecule has 6 atom stereocenters. The summed E-state index contributed by atoms with van der Waals surface area (Å²) in [6, 6.07) is -0.426. The molecule has 1 saturated heterocycles. The first kappa shape index (κ1) is 13.4. The van der Waals surface area contributed by atoms with Gasteiger partial charge in [-0.1, -0.05) is 0 Å². The predicted molar refractivity (Wildman–Crippen MR) is 70.4 cm³/mol. The molecular formula is C11H17N5O4. The number of nitrogens with two attached hydrogens (primary N) is 1. The normalized spacial score (nSPS) is 46.7. The molecule has 9 nitrogen and oxygen atoms in total. The molecule has 9 heteroatoms. The second kappa shape index (κ2) is 4.48. The summed E-state index contributed by atoms with van der Waals surface area (Å²) >= 11 is 0. The van der Waals surface area contributed by atoms with Crippen LogP contribution < -0.4 is 5.73 Å². The first-order valence-corrected chi connectivity index (χ1v) is 6.29. The van der Waals surface area contributed by atoms with Crippen molar-refractivity contribution >= 4 is 18.5 Å². The maximum Gasteiger partial charge on any atom is 0.164 e. The van der Waals surface area contributed by atoms with Crippen LogP contribution in [0.3, 0.4) is 0 Å². The fourth-order valence-electron chi connectivity index (χ4n) is 2.70. The van der Waals surface area contributed by atoms with Gasteiger partial charge in [-0.25, -0.2) is 9.98 Å². The van der Waals surface area contributed by atoms with E-state index < -0.39 is 36.2 Å². The van der Waals surface area contributed by atoms with Crippen LogP contribution in [0.5, 0.6) is 0 Å². The number of ether oxygens (including phenoxy) is 1. The number of nitrogens with zero attached hydrogens (tertiary/aromatic N) is 4. The summed E-state index contributed by atoms with van der Waals surface area (Å²) < 4.78 is 5.54. The highest BCUT2D eigenvalue weighted by molar-refractivity contribution is 5.96. The van der Waals surface area contributed by atoms with Crippen molar-refractivity contribution in [3.63, 3.8) is 0 Å². The van der Waals surface area contributed by atoms with Crippen molar-refractivity contribution in [2.24, 2.45) is 20.7 Å². The van der Waals surface area contributed by atoms with Crippen LogP contribution in [-0.4, -0.2) is 81.6 Å². The SMILES string of the molecule is CC1(O)C(O)[C@@H](CO)O[C@H]1N1C=NC2C(N)=NC=NC21. The number of hydrogen-bond donors (Lipinski definition) is 4. The smallest absolute Gasteiger partial charge is 0.164 e. The van der Waals surface area contributed by atoms with Crippen molar-refractivity contribution in [1.29, 1.82) is 0 Å². The first-order valence-electron chi connectivity index (χ1n) is 6.29. The zero-order valence-electron chi connectivity index (χ0n) is 10.9. The molecule has 0 radical (unpaired) electrons. The van der Waals surface area contributed by atoms with Gasteiger partial charge in [-0.3, -0.25) is 4.99 Å². The third-order valence-corrected chi connectivity index (χ3v) is 3.88. The van der Waals surface area contributed by atoms with Gasteiger partial charge in [0.05, 0.1) is 12.9 Å². The molecule has 3 heterocycles. The lowest BCUT2D eigenvalue weighted by Gasteiger charge is -2.36. The van der Waals surface area contributed by atoms with E-state index in [0.717, 1.165) is 0 Å². The second-order valence-corrected chi connectivity index (χ2v) is 5.27. The number of fused-ring (bicyclic) bond motifs is 1. The van der Waals surface area contributed by atoms with Gasteiger partial charge in [0.2, 0.25) is 0 Å². The van der Waals surface area contributed by atoms with Gasteiger partial charge in [-0.15, -0.1) is 0 Å². The molecule has 5 N–H and O–H groups in total. The lowest BCUT2D eigenvalue weighted by molar-refractivity contribution is -0.118. The molecule has 0 aromatic heterocycles. The number of amidine groups is 1. The summed E-state index contributed by atoms with van der Waals surface area (Å²) in [4.78, 5) is 13.9. The molecule has 1 fully saturated rings. The van der Waals surface area contributed by atoms with E-state index in [1.807, 2.05) is 0 Å². The van der Waals surface area contributed by atoms with E-state index in [9.17, 15) is 15.3 Å². The minimum absolute atomic E-state index is 0.334. The molecule has 0 spiro atoms. The summed E-state index contributed by atoms with van der Waals surface area (Å²) in [5, 5.41) is 29.6. The first-order chi connectivity index (χ1) is 9.46. The summed E-state index contributed by atoms with van der Waals surface area (Å²) in [6.07, 6.45) is -0.594. The number of aliphatic hydroxyl groups excluding tert-OH is 2. The zero-order chi connectivity index (χ0) is 14.5. The van der Waals surface area contributed by atoms with E-state index in [4.69, 9.17) is 10.5 Å². The highest BCUT2D eigenvalue weighted by atomic mass is 16.6. The minimum atomic E-state index is -1.56. The average Bonchev–Trinajstić information content (AvgIpc) is 2.92. The Hall–Kier alpha value is -1.55. The second-order valence-electron chi connectivity index (χ2n) is 5.27. The molecule has 0 aromatic carbocycles. The van der Waals surface area contributed by atoms with Gasteiger partial charge < -0.3 is 30.7 Å². The number of hydrogen-bond acceptors (Lipinski definition) is 9. The maximum absolute atomic E-state index is 10.4. The van der Waals surface area contributed by atoms with Gasteiger partial charge in [-0.2, -0.15) is 0 Å². The Kier molecular flexibility index (Phi) is 3.01. The van der Waals surface area contributed by atoms with Crippen LogP contribution >= 0.6 is 0 Å². The number of aliphatic hydroxyl groups is 3. The summed E-state index contributed by atoms with van der Waals surface area (Å²) in [5.41, 5.74) is 4.19. The van der Waals surface area contributed by atoms with Crippen LogP contribution in [0.15, 0.2) is 15.0 Å². The molecule has 4 unspecified atom stereocenters. The minimum Gasteiger partial charge on any atom is -0.394 e. The molecule has 3 aliphatic rings. The lowest BCUT2D eigenvalue weighted by atomic mass is 9.96. The van der Waals surface area contributed by atoms with Gasteiger partial charge in [0.1, 0.15) is 36.0 Å². The van der Waals surface area contributed by atoms with Crippen LogP contribution in [0.2, 0.25) is 0 Å². The van der Waals surface area contributed by atoms with Gasteiger partial charge in [0.15, 0.2) is 12.4 Å². The summed E-state index contributed by atoms with van der Waals surface area (Å²) in [7, 11) is 0. The van der Waals surface area contributed by atoms with Crippen molar-refractivity contribution < 1.29 is 20.1 Å². The van der Waals surface area contributed by atoms with Crippen LogP contribution in [0.1, 0.15) is 6.92 Å². The standard InChI is InChI=1S/C11H17N5O4/c1-11(19)7(18)5(2-17)20-10(11)16-4-15-6-8(12)13-3-14-9(6)16/h3-7,9-10,17-19H,2H2,1H3,(H2,12,13,14)/t5-,6?,7?,9?,10-,11?/m1/s1. The van der Waals surface area contributed by atoms with Crippen molar-refractivity contribution in [2.75, 3.05) is 6.61 Å². The van der Waals surface area contributed by atoms with E-state index in [1.54, 1.807) is 4.90 Å². The fourth-order valence-corrected chi connectivity index (χ4v) is 2.70. The molecule has 0 saturated carbocycles. The van der Waals surface area contributed by atoms with E-state index in [2.05, 4.69) is 15.0 Å². The highest BCUT2D eigenvalue weighted by Gasteiger charge is 2.56. The molecule has 20 heavy (non-hydrogen) atoms. The zero-order valence-corrected chi connectivity index (χ0v) is 10.9. The van der Waals surface area contributed by atoms with Gasteiger partial charge in [-0.05, 0) is 6.92 Å². The van der Waals surface area contributed by atoms with Gasteiger partial charge in [0.25, 0.3) is 0 Å². The molecule has 0 bridgehead atoms. The molecule has 0 aliphatic carbocycles. The Labute approximate surface area is 115 Å². The Morgan fingerprint density at radius 2 is 2.25 bits per heavy atom. The quantitative estimate of drug-likeness (QED) is 0.434. The largest absolute Gasteiger partial charge is 0.394 e. The van der Waals surface area contributed by atoms with Gasteiger partial charge >= 0.3 is 0 Å². The third-order valence-electron chi connectivity index (χ3n) is 3.88. The molecule has 3 aliphatic heterocycles. The van der Waals surface area contributed by atoms with Crippen LogP contribution in [0.25, 0.3) is 0 Å². The number of rotatable bonds is 2. The average molecular weight is 283 g/mol. The van der Waals surface area contributed by atoms with Gasteiger partial charge in [0, 0.05) is 0 Å². The Balaban J connectivity index is 1.86. The van der Waals surface area contributed by atoms with Crippen molar-refractivity contribution in [3.8, 4) is 0 Å². The van der Waals surface area contributed by atoms with Crippen molar-refractivity contribution in [1.82, 2.24) is 4.90 Å². The highest BCUT2D eigenvalue weighted by Crippen LogP contribution is 2.35. The van der Waals surface area contributed by atoms with E-state index in [-0.39, 0.29) is 6.61 Å². The Bertz CT molecular complexity index is 491. The van der Waals surface area contributed by atoms with Crippen molar-refractivity contribution in [3.05, 3.63) is 0 Å². The van der Waals surface area contributed by atoms with E-state index in [1.165, 1.54) is 19.6 Å². The van der Waals surface area contributed by atoms with Crippen LogP contribution in [0.4, 0.5) is 0 Å². The van der Waals surface area contributed by atoms with E-state index >= 15 is 0 Å². The number of aliphatic imine (C=N–C) groups is 3. The molecular weight excluding hydrogens is 266 g/mol. The Morgan fingerprint density at radius 1 is 1.50 bits per heavy atom. The molecule has 0 aromatic rings. The maximum atomic E-state index is 10.4. The topological polar surface area (TPSA) is 136 Å². The molecule has 3 rings (SSSR count). The molecule has 110 valence electrons. The monoisotopic (exact) mass is 283 g/mol. The van der Waals surface area contributed by atoms with Crippen LogP contribution in [-0.2, 0) is 4.74 Å². The predicted octanol–water partition coefficient (Wildman–Crippen LogP) is -2.75. The van der Waals surface area contributed by atoms with Crippen LogP contribution in [0, 0.1) is 0 Å². The summed E-state index contributed by atoms with van der Waals surface area (Å²) in [5.74, 6) is 0.334. The van der Waals surface area contributed by atoms with Crippen molar-refractivity contribution in [2.45, 2.75) is 43.2 Å².